The molecular weight excluding hydrogens is 222 g/mol. The largest absolute Gasteiger partial charge is 1.00 e. The number of aliphatic carboxylic acids is 1. The Labute approximate surface area is 68.6 Å². The fraction of sp³-hybridized carbons (Fsp3) is 0.667. The molecule has 5 heteroatoms. The predicted molar refractivity (Wildman–Crippen MR) is 26.8 cm³/mol. The van der Waals surface area contributed by atoms with Gasteiger partial charge < -0.3 is 15.6 Å². The molecule has 0 fully saturated rings. The number of carboxylic acids is 1. The van der Waals surface area contributed by atoms with Crippen LogP contribution < -0.4 is 10.8 Å². The van der Waals surface area contributed by atoms with E-state index in [1.54, 1.807) is 0 Å². The number of nitrogens with two attached hydrogens (primary N) is 1. The molecule has 0 heterocycles. The van der Waals surface area contributed by atoms with Crippen molar-refractivity contribution in [3.63, 3.8) is 0 Å². The maximum Gasteiger partial charge on any atom is 1.00 e. The molecule has 0 aromatic rings. The Balaban J connectivity index is 0. The van der Waals surface area contributed by atoms with E-state index in [1.165, 1.54) is 0 Å². The van der Waals surface area contributed by atoms with Gasteiger partial charge in [0, 0.05) is 5.75 Å². The van der Waals surface area contributed by atoms with Gasteiger partial charge >= 0.3 is 22.4 Å². The van der Waals surface area contributed by atoms with Gasteiger partial charge in [0.05, 0.1) is 12.0 Å². The Kier molecular flexibility index (Phi) is 8.01. The van der Waals surface area contributed by atoms with Crippen LogP contribution in [0.2, 0.25) is 0 Å². The minimum atomic E-state index is -1.25. The second-order valence-corrected chi connectivity index (χ2v) is 1.47. The Morgan fingerprint density at radius 1 is 1.88 bits per heavy atom. The molecule has 52 valence electrons. The minimum Gasteiger partial charge on any atom is -0.548 e. The van der Waals surface area contributed by atoms with Crippen molar-refractivity contribution in [2.75, 3.05) is 5.75 Å². The van der Waals surface area contributed by atoms with Crippen LogP contribution in [-0.2, 0) is 27.2 Å². The third-order valence-corrected chi connectivity index (χ3v) is 0.893. The summed E-state index contributed by atoms with van der Waals surface area (Å²) in [5.41, 5.74) is 4.88. The molecule has 0 radical (unpaired) electrons. The molecule has 1 atom stereocenters. The summed E-state index contributed by atoms with van der Waals surface area (Å²) in [5.74, 6) is -1.13. The van der Waals surface area contributed by atoms with Crippen molar-refractivity contribution in [2.24, 2.45) is 5.73 Å². The number of hydrogen-bond donors (Lipinski definition) is 2. The SMILES string of the molecule is N[C@@H](CS)C(=O)[O-].[Ag+]. The van der Waals surface area contributed by atoms with Crippen LogP contribution in [0.25, 0.3) is 0 Å². The first-order valence-electron chi connectivity index (χ1n) is 1.75. The van der Waals surface area contributed by atoms with Crippen molar-refractivity contribution < 1.29 is 32.3 Å². The van der Waals surface area contributed by atoms with Crippen LogP contribution in [0.4, 0.5) is 0 Å². The van der Waals surface area contributed by atoms with Crippen molar-refractivity contribution in [3.8, 4) is 0 Å². The van der Waals surface area contributed by atoms with E-state index in [2.05, 4.69) is 12.6 Å². The van der Waals surface area contributed by atoms with E-state index in [9.17, 15) is 9.90 Å². The molecule has 0 amide bonds. The van der Waals surface area contributed by atoms with Crippen LogP contribution in [0, 0.1) is 0 Å². The van der Waals surface area contributed by atoms with Crippen LogP contribution in [0.15, 0.2) is 0 Å². The van der Waals surface area contributed by atoms with Gasteiger partial charge in [0.25, 0.3) is 0 Å². The van der Waals surface area contributed by atoms with Crippen molar-refractivity contribution in [1.29, 1.82) is 0 Å². The van der Waals surface area contributed by atoms with E-state index in [-0.39, 0.29) is 28.1 Å². The summed E-state index contributed by atoms with van der Waals surface area (Å²) < 4.78 is 0. The molecule has 0 saturated heterocycles. The van der Waals surface area contributed by atoms with Crippen LogP contribution in [0.5, 0.6) is 0 Å². The smallest absolute Gasteiger partial charge is 0.548 e. The zero-order valence-electron chi connectivity index (χ0n) is 3.93. The Morgan fingerprint density at radius 2 is 2.25 bits per heavy atom. The van der Waals surface area contributed by atoms with Crippen molar-refractivity contribution in [2.45, 2.75) is 6.04 Å². The average Bonchev–Trinajstić information content (AvgIpc) is 1.65. The molecule has 0 aromatic heterocycles. The summed E-state index contributed by atoms with van der Waals surface area (Å²) in [4.78, 5) is 9.65. The van der Waals surface area contributed by atoms with E-state index < -0.39 is 12.0 Å². The predicted octanol–water partition coefficient (Wildman–Crippen LogP) is -2.01. The van der Waals surface area contributed by atoms with Crippen molar-refractivity contribution in [3.05, 3.63) is 0 Å². The molecule has 0 aliphatic carbocycles. The number of hydrogen-bond acceptors (Lipinski definition) is 4. The molecule has 0 spiro atoms. The normalized spacial score (nSPS) is 11.8. The van der Waals surface area contributed by atoms with Crippen molar-refractivity contribution in [1.82, 2.24) is 0 Å². The first kappa shape index (κ1) is 11.3. The quantitative estimate of drug-likeness (QED) is 0.424. The summed E-state index contributed by atoms with van der Waals surface area (Å²) in [5, 5.41) is 9.65. The molecule has 8 heavy (non-hydrogen) atoms. The number of carboxylic acid groups (broad SMARTS) is 1. The Bertz CT molecular complexity index is 79.7. The van der Waals surface area contributed by atoms with Gasteiger partial charge in [-0.3, -0.25) is 0 Å². The summed E-state index contributed by atoms with van der Waals surface area (Å²) >= 11 is 3.61. The molecule has 2 N–H and O–H groups in total. The number of carbonyl (C=O) groups is 1. The monoisotopic (exact) mass is 227 g/mol. The van der Waals surface area contributed by atoms with E-state index >= 15 is 0 Å². The van der Waals surface area contributed by atoms with Gasteiger partial charge in [-0.15, -0.1) is 0 Å². The van der Waals surface area contributed by atoms with Crippen LogP contribution in [0.3, 0.4) is 0 Å². The standard InChI is InChI=1S/C3H7NO2S.Ag/c4-2(1-7)3(5)6;/h2,7H,1,4H2,(H,5,6);/q;+1/p-1/t2-;/m0./s1. The van der Waals surface area contributed by atoms with E-state index in [4.69, 9.17) is 5.73 Å². The van der Waals surface area contributed by atoms with Gasteiger partial charge in [0.15, 0.2) is 0 Å². The van der Waals surface area contributed by atoms with Gasteiger partial charge in [0.2, 0.25) is 0 Å². The third-order valence-electron chi connectivity index (χ3n) is 0.499. The van der Waals surface area contributed by atoms with Crippen LogP contribution >= 0.6 is 12.6 Å². The molecule has 0 aliphatic heterocycles. The first-order chi connectivity index (χ1) is 3.18. The average molecular weight is 228 g/mol. The molecule has 0 saturated carbocycles. The topological polar surface area (TPSA) is 66.2 Å². The van der Waals surface area contributed by atoms with E-state index in [0.717, 1.165) is 0 Å². The summed E-state index contributed by atoms with van der Waals surface area (Å²) in [6.45, 7) is 0. The van der Waals surface area contributed by atoms with Crippen LogP contribution in [-0.4, -0.2) is 17.8 Å². The summed E-state index contributed by atoms with van der Waals surface area (Å²) in [7, 11) is 0. The fourth-order valence-corrected chi connectivity index (χ4v) is 0.224. The maximum atomic E-state index is 9.65. The molecule has 0 bridgehead atoms. The van der Waals surface area contributed by atoms with Gasteiger partial charge in [-0.1, -0.05) is 0 Å². The van der Waals surface area contributed by atoms with Gasteiger partial charge in [-0.25, -0.2) is 0 Å². The molecule has 0 unspecified atom stereocenters. The van der Waals surface area contributed by atoms with E-state index in [1.807, 2.05) is 0 Å². The second kappa shape index (κ2) is 5.65. The molecular formula is C3H6AgNO2S. The zero-order valence-corrected chi connectivity index (χ0v) is 6.30. The van der Waals surface area contributed by atoms with E-state index in [0.29, 0.717) is 0 Å². The van der Waals surface area contributed by atoms with Gasteiger partial charge in [0.1, 0.15) is 0 Å². The summed E-state index contributed by atoms with van der Waals surface area (Å²) in [6.07, 6.45) is 0. The van der Waals surface area contributed by atoms with Crippen molar-refractivity contribution >= 4 is 18.6 Å². The minimum absolute atomic E-state index is 0. The number of carbonyl (C=O) groups excluding carboxylic acids is 1. The molecule has 0 rings (SSSR count). The first-order valence-corrected chi connectivity index (χ1v) is 2.39. The number of thiol groups is 1. The molecule has 3 nitrogen and oxygen atoms in total. The fourth-order valence-electron chi connectivity index (χ4n) is 0.0745. The number of rotatable bonds is 2. The molecule has 0 aromatic carbocycles. The Morgan fingerprint density at radius 3 is 2.25 bits per heavy atom. The van der Waals surface area contributed by atoms with Gasteiger partial charge in [-0.05, 0) is 0 Å². The third kappa shape index (κ3) is 4.67. The zero-order chi connectivity index (χ0) is 5.86. The summed E-state index contributed by atoms with van der Waals surface area (Å²) in [6, 6.07) is -0.927. The molecule has 0 aliphatic rings. The maximum absolute atomic E-state index is 9.65. The Hall–Kier alpha value is 0.520. The van der Waals surface area contributed by atoms with Crippen LogP contribution in [0.1, 0.15) is 0 Å². The van der Waals surface area contributed by atoms with Gasteiger partial charge in [-0.2, -0.15) is 12.6 Å². The second-order valence-electron chi connectivity index (χ2n) is 1.11.